The van der Waals surface area contributed by atoms with Gasteiger partial charge in [0.25, 0.3) is 10.0 Å². The van der Waals surface area contributed by atoms with Gasteiger partial charge in [0.1, 0.15) is 5.82 Å². The molecule has 2 N–H and O–H groups in total. The second-order valence-corrected chi connectivity index (χ2v) is 7.11. The van der Waals surface area contributed by atoms with Crippen LogP contribution in [0.2, 0.25) is 0 Å². The molecule has 0 aromatic heterocycles. The molecule has 3 aromatic rings. The van der Waals surface area contributed by atoms with Crippen LogP contribution in [-0.2, 0) is 21.2 Å². The molecule has 3 aromatic carbocycles. The first kappa shape index (κ1) is 17.1. The zero-order valence-electron chi connectivity index (χ0n) is 13.1. The normalized spacial score (nSPS) is 11.4. The molecule has 0 bridgehead atoms. The molecule has 0 radical (unpaired) electrons. The van der Waals surface area contributed by atoms with E-state index < -0.39 is 21.7 Å². The third-order valence-electron chi connectivity index (χ3n) is 3.66. The van der Waals surface area contributed by atoms with E-state index in [1.807, 2.05) is 47.3 Å². The van der Waals surface area contributed by atoms with E-state index in [1.54, 1.807) is 0 Å². The Labute approximate surface area is 144 Å². The molecule has 0 heterocycles. The summed E-state index contributed by atoms with van der Waals surface area (Å²) in [4.78, 5) is 13.8. The van der Waals surface area contributed by atoms with E-state index in [0.29, 0.717) is 0 Å². The van der Waals surface area contributed by atoms with Crippen molar-refractivity contribution in [2.75, 3.05) is 0 Å². The summed E-state index contributed by atoms with van der Waals surface area (Å²) in [5.74, 6) is -1.19. The van der Waals surface area contributed by atoms with Gasteiger partial charge in [-0.15, -0.1) is 4.83 Å². The maximum absolute atomic E-state index is 13.2. The topological polar surface area (TPSA) is 75.3 Å². The second kappa shape index (κ2) is 7.00. The highest BCUT2D eigenvalue weighted by Gasteiger charge is 2.16. The molecule has 0 spiro atoms. The van der Waals surface area contributed by atoms with Gasteiger partial charge in [-0.2, -0.15) is 0 Å². The third kappa shape index (κ3) is 4.01. The number of benzene rings is 3. The molecule has 5 nitrogen and oxygen atoms in total. The third-order valence-corrected chi connectivity index (χ3v) is 4.91. The number of halogens is 1. The number of sulfonamides is 1. The van der Waals surface area contributed by atoms with Crippen molar-refractivity contribution in [3.63, 3.8) is 0 Å². The summed E-state index contributed by atoms with van der Waals surface area (Å²) >= 11 is 0. The standard InChI is InChI=1S/C18H15FN2O3S/c19-15-8-4-9-16(12-15)25(23,24)21-20-18(22)11-14-7-3-6-13-5-1-2-10-17(13)14/h1-10,12,21H,11H2,(H,20,22). The monoisotopic (exact) mass is 358 g/mol. The molecule has 0 fully saturated rings. The van der Waals surface area contributed by atoms with E-state index in [4.69, 9.17) is 0 Å². The van der Waals surface area contributed by atoms with Crippen molar-refractivity contribution in [3.05, 3.63) is 78.1 Å². The van der Waals surface area contributed by atoms with Gasteiger partial charge in [0.2, 0.25) is 5.91 Å². The first-order valence-electron chi connectivity index (χ1n) is 7.48. The Morgan fingerprint density at radius 1 is 0.960 bits per heavy atom. The second-order valence-electron chi connectivity index (χ2n) is 5.43. The molecule has 25 heavy (non-hydrogen) atoms. The van der Waals surface area contributed by atoms with E-state index in [2.05, 4.69) is 5.43 Å². The summed E-state index contributed by atoms with van der Waals surface area (Å²) in [6.45, 7) is 0. The molecule has 3 rings (SSSR count). The Morgan fingerprint density at radius 2 is 1.68 bits per heavy atom. The average Bonchev–Trinajstić information content (AvgIpc) is 2.60. The lowest BCUT2D eigenvalue weighted by molar-refractivity contribution is -0.120. The van der Waals surface area contributed by atoms with Gasteiger partial charge in [-0.1, -0.05) is 48.5 Å². The van der Waals surface area contributed by atoms with Crippen LogP contribution in [0.5, 0.6) is 0 Å². The fourth-order valence-electron chi connectivity index (χ4n) is 2.48. The van der Waals surface area contributed by atoms with E-state index in [1.165, 1.54) is 12.1 Å². The predicted molar refractivity (Wildman–Crippen MR) is 92.5 cm³/mol. The van der Waals surface area contributed by atoms with Gasteiger partial charge in [0.05, 0.1) is 11.3 Å². The van der Waals surface area contributed by atoms with Crippen molar-refractivity contribution in [1.29, 1.82) is 0 Å². The van der Waals surface area contributed by atoms with Gasteiger partial charge in [-0.3, -0.25) is 10.2 Å². The minimum Gasteiger partial charge on any atom is -0.277 e. The number of amides is 1. The van der Waals surface area contributed by atoms with Crippen LogP contribution in [-0.4, -0.2) is 14.3 Å². The molecule has 1 amide bonds. The molecular formula is C18H15FN2O3S. The van der Waals surface area contributed by atoms with E-state index in [0.717, 1.165) is 28.5 Å². The van der Waals surface area contributed by atoms with Crippen molar-refractivity contribution in [2.24, 2.45) is 0 Å². The molecule has 0 aliphatic heterocycles. The van der Waals surface area contributed by atoms with Crippen molar-refractivity contribution in [1.82, 2.24) is 10.3 Å². The first-order chi connectivity index (χ1) is 12.0. The number of carbonyl (C=O) groups is 1. The zero-order valence-corrected chi connectivity index (χ0v) is 13.9. The van der Waals surface area contributed by atoms with Gasteiger partial charge in [0.15, 0.2) is 0 Å². The molecule has 7 heteroatoms. The van der Waals surface area contributed by atoms with Gasteiger partial charge in [0, 0.05) is 0 Å². The van der Waals surface area contributed by atoms with Crippen molar-refractivity contribution >= 4 is 26.7 Å². The fourth-order valence-corrected chi connectivity index (χ4v) is 3.37. The zero-order chi connectivity index (χ0) is 17.9. The highest BCUT2D eigenvalue weighted by molar-refractivity contribution is 7.89. The minimum atomic E-state index is -4.03. The van der Waals surface area contributed by atoms with Crippen LogP contribution in [0.15, 0.2) is 71.6 Å². The van der Waals surface area contributed by atoms with E-state index >= 15 is 0 Å². The molecule has 128 valence electrons. The molecule has 0 atom stereocenters. The molecular weight excluding hydrogens is 343 g/mol. The van der Waals surface area contributed by atoms with Crippen molar-refractivity contribution in [3.8, 4) is 0 Å². The van der Waals surface area contributed by atoms with Gasteiger partial charge in [-0.25, -0.2) is 12.8 Å². The van der Waals surface area contributed by atoms with Crippen molar-refractivity contribution in [2.45, 2.75) is 11.3 Å². The largest absolute Gasteiger partial charge is 0.277 e. The summed E-state index contributed by atoms with van der Waals surface area (Å²) in [5.41, 5.74) is 2.93. The van der Waals surface area contributed by atoms with Crippen LogP contribution >= 0.6 is 0 Å². The molecule has 0 aliphatic carbocycles. The Hall–Kier alpha value is -2.77. The molecule has 0 saturated carbocycles. The Morgan fingerprint density at radius 3 is 2.48 bits per heavy atom. The summed E-state index contributed by atoms with van der Waals surface area (Å²) < 4.78 is 37.3. The molecule has 0 unspecified atom stereocenters. The van der Waals surface area contributed by atoms with Crippen LogP contribution < -0.4 is 10.3 Å². The number of nitrogens with one attached hydrogen (secondary N) is 2. The van der Waals surface area contributed by atoms with E-state index in [-0.39, 0.29) is 11.3 Å². The number of hydrogen-bond donors (Lipinski definition) is 2. The molecule has 0 saturated heterocycles. The molecule has 0 aliphatic rings. The Kier molecular flexibility index (Phi) is 4.78. The Balaban J connectivity index is 1.70. The van der Waals surface area contributed by atoms with Gasteiger partial charge in [-0.05, 0) is 34.5 Å². The number of fused-ring (bicyclic) bond motifs is 1. The summed E-state index contributed by atoms with van der Waals surface area (Å²) in [6.07, 6.45) is 0.00697. The number of hydrogen-bond acceptors (Lipinski definition) is 3. The first-order valence-corrected chi connectivity index (χ1v) is 8.97. The van der Waals surface area contributed by atoms with Crippen LogP contribution in [0.3, 0.4) is 0 Å². The predicted octanol–water partition coefficient (Wildman–Crippen LogP) is 2.53. The summed E-state index contributed by atoms with van der Waals surface area (Å²) in [5, 5.41) is 1.92. The smallest absolute Gasteiger partial charge is 0.257 e. The van der Waals surface area contributed by atoms with Crippen LogP contribution in [0.25, 0.3) is 10.8 Å². The summed E-state index contributed by atoms with van der Waals surface area (Å²) in [6, 6.07) is 17.7. The number of carbonyl (C=O) groups excluding carboxylic acids is 1. The highest BCUT2D eigenvalue weighted by atomic mass is 32.2. The number of hydrazine groups is 1. The summed E-state index contributed by atoms with van der Waals surface area (Å²) in [7, 11) is -4.03. The maximum atomic E-state index is 13.2. The van der Waals surface area contributed by atoms with E-state index in [9.17, 15) is 17.6 Å². The van der Waals surface area contributed by atoms with Crippen LogP contribution in [0.1, 0.15) is 5.56 Å². The Bertz CT molecular complexity index is 1030. The van der Waals surface area contributed by atoms with Crippen molar-refractivity contribution < 1.29 is 17.6 Å². The fraction of sp³-hybridized carbons (Fsp3) is 0.0556. The minimum absolute atomic E-state index is 0.00697. The SMILES string of the molecule is O=C(Cc1cccc2ccccc12)NNS(=O)(=O)c1cccc(F)c1. The van der Waals surface area contributed by atoms with Gasteiger partial charge < -0.3 is 0 Å². The van der Waals surface area contributed by atoms with Crippen LogP contribution in [0.4, 0.5) is 4.39 Å². The lowest BCUT2D eigenvalue weighted by Crippen LogP contribution is -2.42. The average molecular weight is 358 g/mol. The maximum Gasteiger partial charge on any atom is 0.257 e. The highest BCUT2D eigenvalue weighted by Crippen LogP contribution is 2.18. The lowest BCUT2D eigenvalue weighted by Gasteiger charge is -2.10. The quantitative estimate of drug-likeness (QED) is 0.688. The number of rotatable bonds is 5. The van der Waals surface area contributed by atoms with Gasteiger partial charge >= 0.3 is 0 Å². The van der Waals surface area contributed by atoms with Crippen LogP contribution in [0, 0.1) is 5.82 Å². The lowest BCUT2D eigenvalue weighted by atomic mass is 10.0.